The van der Waals surface area contributed by atoms with Crippen molar-refractivity contribution in [3.63, 3.8) is 0 Å². The van der Waals surface area contributed by atoms with Gasteiger partial charge < -0.3 is 14.7 Å². The summed E-state index contributed by atoms with van der Waals surface area (Å²) in [5.41, 5.74) is 1.93. The Morgan fingerprint density at radius 1 is 0.857 bits per heavy atom. The molecule has 5 rings (SSSR count). The number of sulfonamides is 2. The SMILES string of the molecule is O=S(=O)(Nc1ccc(Cl)cc1NS(=O)(=O)c1cc2ccccc2o1)c1ccc2c(c1)CC[NH+]([O-])C2. The van der Waals surface area contributed by atoms with Crippen molar-refractivity contribution < 1.29 is 26.3 Å². The van der Waals surface area contributed by atoms with Crippen LogP contribution in [0.25, 0.3) is 11.0 Å². The van der Waals surface area contributed by atoms with Gasteiger partial charge in [0.25, 0.3) is 20.0 Å². The molecular weight excluding hydrogens is 514 g/mol. The van der Waals surface area contributed by atoms with Crippen LogP contribution in [0.15, 0.2) is 81.1 Å². The number of fused-ring (bicyclic) bond motifs is 2. The second kappa shape index (κ2) is 8.85. The third kappa shape index (κ3) is 4.86. The number of benzene rings is 3. The highest BCUT2D eigenvalue weighted by Gasteiger charge is 2.24. The highest BCUT2D eigenvalue weighted by molar-refractivity contribution is 7.93. The number of hydrogen-bond acceptors (Lipinski definition) is 6. The molecule has 9 nitrogen and oxygen atoms in total. The molecule has 3 N–H and O–H groups in total. The van der Waals surface area contributed by atoms with Crippen LogP contribution < -0.4 is 14.5 Å². The molecule has 3 aromatic carbocycles. The predicted molar refractivity (Wildman–Crippen MR) is 132 cm³/mol. The van der Waals surface area contributed by atoms with Gasteiger partial charge in [-0.3, -0.25) is 9.44 Å². The zero-order valence-electron chi connectivity index (χ0n) is 18.1. The molecule has 35 heavy (non-hydrogen) atoms. The minimum Gasteiger partial charge on any atom is -0.634 e. The molecule has 1 unspecified atom stereocenters. The topological polar surface area (TPSA) is 133 Å². The summed E-state index contributed by atoms with van der Waals surface area (Å²) < 4.78 is 62.5. The van der Waals surface area contributed by atoms with E-state index in [-0.39, 0.29) is 38.0 Å². The fraction of sp³-hybridized carbons (Fsp3) is 0.130. The maximum absolute atomic E-state index is 13.1. The molecular formula is C23H20ClN3O6S2. The standard InChI is InChI=1S/C23H20ClN3O6S2/c24-18-6-8-20(25-34(29,30)19-7-5-17-14-27(28)10-9-15(17)11-19)21(13-18)26-35(31,32)23-12-16-3-1-2-4-22(16)33-23/h1-8,11-13,25-27H,9-10,14H2. The van der Waals surface area contributed by atoms with Crippen molar-refractivity contribution in [1.29, 1.82) is 0 Å². The summed E-state index contributed by atoms with van der Waals surface area (Å²) >= 11 is 6.07. The van der Waals surface area contributed by atoms with E-state index in [2.05, 4.69) is 9.44 Å². The molecule has 12 heteroatoms. The van der Waals surface area contributed by atoms with Crippen LogP contribution in [0, 0.1) is 5.21 Å². The van der Waals surface area contributed by atoms with Crippen LogP contribution in [0.3, 0.4) is 0 Å². The van der Waals surface area contributed by atoms with Crippen LogP contribution in [0.1, 0.15) is 11.1 Å². The molecule has 0 spiro atoms. The molecule has 0 radical (unpaired) electrons. The Labute approximate surface area is 207 Å². The molecule has 0 saturated heterocycles. The van der Waals surface area contributed by atoms with E-state index < -0.39 is 20.0 Å². The molecule has 0 aliphatic carbocycles. The number of halogens is 1. The minimum absolute atomic E-state index is 0.00615. The van der Waals surface area contributed by atoms with Gasteiger partial charge in [-0.15, -0.1) is 0 Å². The summed E-state index contributed by atoms with van der Waals surface area (Å²) in [6.45, 7) is 0.656. The number of quaternary nitrogens is 1. The van der Waals surface area contributed by atoms with E-state index >= 15 is 0 Å². The number of nitrogens with one attached hydrogen (secondary N) is 3. The molecule has 0 amide bonds. The van der Waals surface area contributed by atoms with Crippen LogP contribution in [0.2, 0.25) is 5.02 Å². The van der Waals surface area contributed by atoms with Crippen molar-refractivity contribution in [2.24, 2.45) is 0 Å². The fourth-order valence-corrected chi connectivity index (χ4v) is 6.27. The van der Waals surface area contributed by atoms with E-state index in [0.717, 1.165) is 11.1 Å². The average Bonchev–Trinajstić information content (AvgIpc) is 3.26. The molecule has 0 bridgehead atoms. The lowest BCUT2D eigenvalue weighted by Crippen LogP contribution is -3.06. The van der Waals surface area contributed by atoms with Gasteiger partial charge >= 0.3 is 0 Å². The van der Waals surface area contributed by atoms with Crippen molar-refractivity contribution in [3.05, 3.63) is 88.1 Å². The van der Waals surface area contributed by atoms with Gasteiger partial charge in [0.1, 0.15) is 12.1 Å². The Hall–Kier alpha value is -3.09. The lowest BCUT2D eigenvalue weighted by atomic mass is 10.0. The van der Waals surface area contributed by atoms with Gasteiger partial charge in [-0.05, 0) is 42.0 Å². The first-order valence-electron chi connectivity index (χ1n) is 10.6. The molecule has 1 aliphatic heterocycles. The van der Waals surface area contributed by atoms with Crippen LogP contribution >= 0.6 is 11.6 Å². The molecule has 182 valence electrons. The van der Waals surface area contributed by atoms with Gasteiger partial charge in [-0.2, -0.15) is 8.42 Å². The lowest BCUT2D eigenvalue weighted by molar-refractivity contribution is -0.864. The zero-order chi connectivity index (χ0) is 24.8. The number of furan rings is 1. The highest BCUT2D eigenvalue weighted by atomic mass is 35.5. The Kier molecular flexibility index (Phi) is 5.98. The largest absolute Gasteiger partial charge is 0.634 e. The van der Waals surface area contributed by atoms with Crippen molar-refractivity contribution in [1.82, 2.24) is 0 Å². The summed E-state index contributed by atoms with van der Waals surface area (Å²) in [7, 11) is -8.27. The Bertz CT molecular complexity index is 1620. The van der Waals surface area contributed by atoms with Crippen LogP contribution in [-0.2, 0) is 33.0 Å². The maximum atomic E-state index is 13.1. The van der Waals surface area contributed by atoms with E-state index in [0.29, 0.717) is 23.9 Å². The summed E-state index contributed by atoms with van der Waals surface area (Å²) in [6, 6.07) is 16.9. The Morgan fingerprint density at radius 2 is 1.63 bits per heavy atom. The lowest BCUT2D eigenvalue weighted by Gasteiger charge is -2.28. The van der Waals surface area contributed by atoms with E-state index in [4.69, 9.17) is 16.0 Å². The Balaban J connectivity index is 1.46. The van der Waals surface area contributed by atoms with Crippen molar-refractivity contribution in [2.75, 3.05) is 16.0 Å². The van der Waals surface area contributed by atoms with Gasteiger partial charge in [-0.1, -0.05) is 35.9 Å². The molecule has 0 saturated carbocycles. The highest BCUT2D eigenvalue weighted by Crippen LogP contribution is 2.32. The first-order chi connectivity index (χ1) is 16.6. The van der Waals surface area contributed by atoms with Gasteiger partial charge in [0.05, 0.1) is 22.8 Å². The summed E-state index contributed by atoms with van der Waals surface area (Å²) in [4.78, 5) is 0.00615. The number of hydrogen-bond donors (Lipinski definition) is 3. The van der Waals surface area contributed by atoms with Gasteiger partial charge in [-0.25, -0.2) is 8.42 Å². The van der Waals surface area contributed by atoms with Crippen LogP contribution in [-0.4, -0.2) is 23.4 Å². The molecule has 1 aliphatic rings. The second-order valence-corrected chi connectivity index (χ2v) is 11.9. The number of rotatable bonds is 6. The second-order valence-electron chi connectivity index (χ2n) is 8.15. The number of hydroxylamine groups is 2. The predicted octanol–water partition coefficient (Wildman–Crippen LogP) is 3.13. The van der Waals surface area contributed by atoms with Crippen LogP contribution in [0.4, 0.5) is 11.4 Å². The van der Waals surface area contributed by atoms with Gasteiger partial charge in [0, 0.05) is 28.5 Å². The molecule has 1 atom stereocenters. The maximum Gasteiger partial charge on any atom is 0.295 e. The van der Waals surface area contributed by atoms with E-state index in [1.807, 2.05) is 0 Å². The number of anilines is 2. The third-order valence-electron chi connectivity index (χ3n) is 5.69. The average molecular weight is 534 g/mol. The minimum atomic E-state index is -4.19. The van der Waals surface area contributed by atoms with Crippen molar-refractivity contribution >= 4 is 54.0 Å². The molecule has 2 heterocycles. The Morgan fingerprint density at radius 3 is 2.43 bits per heavy atom. The van der Waals surface area contributed by atoms with Crippen molar-refractivity contribution in [2.45, 2.75) is 23.0 Å². The van der Waals surface area contributed by atoms with Gasteiger partial charge in [0.2, 0.25) is 5.09 Å². The van der Waals surface area contributed by atoms with Gasteiger partial charge in [0.15, 0.2) is 0 Å². The van der Waals surface area contributed by atoms with E-state index in [9.17, 15) is 22.0 Å². The first-order valence-corrected chi connectivity index (χ1v) is 13.9. The normalized spacial score (nSPS) is 16.1. The van der Waals surface area contributed by atoms with E-state index in [1.54, 1.807) is 30.3 Å². The first kappa shape index (κ1) is 23.6. The van der Waals surface area contributed by atoms with Crippen LogP contribution in [0.5, 0.6) is 0 Å². The quantitative estimate of drug-likeness (QED) is 0.326. The monoisotopic (exact) mass is 533 g/mol. The summed E-state index contributed by atoms with van der Waals surface area (Å²) in [6.07, 6.45) is 0.473. The fourth-order valence-electron chi connectivity index (χ4n) is 3.93. The summed E-state index contributed by atoms with van der Waals surface area (Å²) in [5.74, 6) is 0. The van der Waals surface area contributed by atoms with E-state index in [1.165, 1.54) is 36.4 Å². The zero-order valence-corrected chi connectivity index (χ0v) is 20.5. The summed E-state index contributed by atoms with van der Waals surface area (Å²) in [5, 5.41) is 12.3. The van der Waals surface area contributed by atoms with Crippen molar-refractivity contribution in [3.8, 4) is 0 Å². The third-order valence-corrected chi connectivity index (χ3v) is 8.50. The smallest absolute Gasteiger partial charge is 0.295 e. The molecule has 1 aromatic heterocycles. The number of para-hydroxylation sites is 1. The molecule has 0 fully saturated rings. The molecule has 4 aromatic rings.